The number of ketones is 1. The van der Waals surface area contributed by atoms with E-state index in [2.05, 4.69) is 0 Å². The molecule has 0 saturated carbocycles. The van der Waals surface area contributed by atoms with Crippen molar-refractivity contribution >= 4 is 17.4 Å². The van der Waals surface area contributed by atoms with E-state index in [1.807, 2.05) is 69.2 Å². The topological polar surface area (TPSA) is 60.9 Å². The third-order valence-corrected chi connectivity index (χ3v) is 5.26. The van der Waals surface area contributed by atoms with Crippen molar-refractivity contribution in [3.63, 3.8) is 0 Å². The molecule has 3 rings (SSSR count). The first-order chi connectivity index (χ1) is 13.8. The van der Waals surface area contributed by atoms with Gasteiger partial charge in [-0.15, -0.1) is 0 Å². The van der Waals surface area contributed by atoms with Crippen molar-refractivity contribution in [3.05, 3.63) is 76.4 Å². The SMILES string of the molecule is Cc1ccc(/C(O)=C2\C(=O)C(=O)N(CCCN(C)C)[C@@H]2c2ccc(C)cc2)cc1. The van der Waals surface area contributed by atoms with E-state index < -0.39 is 17.7 Å². The van der Waals surface area contributed by atoms with Gasteiger partial charge in [0, 0.05) is 12.1 Å². The molecule has 1 atom stereocenters. The number of nitrogens with zero attached hydrogens (tertiary/aromatic N) is 2. The number of carbonyl (C=O) groups is 2. The number of aliphatic hydroxyl groups is 1. The molecular weight excluding hydrogens is 364 g/mol. The van der Waals surface area contributed by atoms with Crippen molar-refractivity contribution in [2.75, 3.05) is 27.2 Å². The average molecular weight is 392 g/mol. The molecule has 5 heteroatoms. The second-order valence-electron chi connectivity index (χ2n) is 7.93. The summed E-state index contributed by atoms with van der Waals surface area (Å²) in [5, 5.41) is 11.0. The Morgan fingerprint density at radius 2 is 1.52 bits per heavy atom. The van der Waals surface area contributed by atoms with Gasteiger partial charge >= 0.3 is 0 Å². The molecule has 1 amide bonds. The Bertz CT molecular complexity index is 928. The maximum Gasteiger partial charge on any atom is 0.295 e. The van der Waals surface area contributed by atoms with E-state index in [4.69, 9.17) is 0 Å². The number of amides is 1. The standard InChI is InChI=1S/C24H28N2O3/c1-16-6-10-18(11-7-16)21-20(22(27)19-12-8-17(2)9-13-19)23(28)24(29)26(21)15-5-14-25(3)4/h6-13,21,27H,5,14-15H2,1-4H3/b22-20+/t21-/m1/s1. The molecule has 0 bridgehead atoms. The molecule has 1 aliphatic rings. The van der Waals surface area contributed by atoms with Gasteiger partial charge in [-0.3, -0.25) is 9.59 Å². The molecule has 0 unspecified atom stereocenters. The zero-order valence-corrected chi connectivity index (χ0v) is 17.5. The molecule has 0 radical (unpaired) electrons. The number of hydrogen-bond donors (Lipinski definition) is 1. The van der Waals surface area contributed by atoms with E-state index in [-0.39, 0.29) is 11.3 Å². The zero-order valence-electron chi connectivity index (χ0n) is 17.5. The summed E-state index contributed by atoms with van der Waals surface area (Å²) in [6.45, 7) is 5.21. The van der Waals surface area contributed by atoms with Crippen LogP contribution in [0.5, 0.6) is 0 Å². The Kier molecular flexibility index (Phi) is 6.18. The van der Waals surface area contributed by atoms with Gasteiger partial charge in [0.05, 0.1) is 11.6 Å². The Morgan fingerprint density at radius 3 is 2.07 bits per heavy atom. The highest BCUT2D eigenvalue weighted by Gasteiger charge is 2.45. The fourth-order valence-electron chi connectivity index (χ4n) is 3.63. The molecule has 1 aliphatic heterocycles. The van der Waals surface area contributed by atoms with Gasteiger partial charge in [0.1, 0.15) is 5.76 Å². The smallest absolute Gasteiger partial charge is 0.295 e. The minimum absolute atomic E-state index is 0.121. The fraction of sp³-hybridized carbons (Fsp3) is 0.333. The summed E-state index contributed by atoms with van der Waals surface area (Å²) >= 11 is 0. The number of aryl methyl sites for hydroxylation is 2. The van der Waals surface area contributed by atoms with E-state index >= 15 is 0 Å². The van der Waals surface area contributed by atoms with Gasteiger partial charge in [0.15, 0.2) is 0 Å². The highest BCUT2D eigenvalue weighted by molar-refractivity contribution is 6.46. The minimum Gasteiger partial charge on any atom is -0.507 e. The fourth-order valence-corrected chi connectivity index (χ4v) is 3.63. The van der Waals surface area contributed by atoms with Crippen LogP contribution < -0.4 is 0 Å². The number of aliphatic hydroxyl groups excluding tert-OH is 1. The average Bonchev–Trinajstić information content (AvgIpc) is 2.93. The minimum atomic E-state index is -0.626. The summed E-state index contributed by atoms with van der Waals surface area (Å²) in [5.41, 5.74) is 3.68. The van der Waals surface area contributed by atoms with Crippen LogP contribution in [-0.4, -0.2) is 53.8 Å². The van der Waals surface area contributed by atoms with Crippen LogP contribution >= 0.6 is 0 Å². The maximum absolute atomic E-state index is 12.9. The Morgan fingerprint density at radius 1 is 0.966 bits per heavy atom. The van der Waals surface area contributed by atoms with Crippen molar-refractivity contribution in [3.8, 4) is 0 Å². The first kappa shape index (κ1) is 20.8. The van der Waals surface area contributed by atoms with E-state index in [9.17, 15) is 14.7 Å². The van der Waals surface area contributed by atoms with Crippen LogP contribution in [0.15, 0.2) is 54.1 Å². The lowest BCUT2D eigenvalue weighted by Crippen LogP contribution is -2.32. The van der Waals surface area contributed by atoms with Crippen molar-refractivity contribution in [1.82, 2.24) is 9.80 Å². The van der Waals surface area contributed by atoms with Gasteiger partial charge in [0.25, 0.3) is 11.7 Å². The number of benzene rings is 2. The third kappa shape index (κ3) is 4.40. The van der Waals surface area contributed by atoms with Crippen LogP contribution in [0.2, 0.25) is 0 Å². The van der Waals surface area contributed by atoms with Crippen LogP contribution in [-0.2, 0) is 9.59 Å². The number of Topliss-reactive ketones (excluding diaryl/α,β-unsaturated/α-hetero) is 1. The van der Waals surface area contributed by atoms with Crippen LogP contribution in [0.3, 0.4) is 0 Å². The van der Waals surface area contributed by atoms with E-state index in [1.54, 1.807) is 17.0 Å². The van der Waals surface area contributed by atoms with Gasteiger partial charge in [-0.1, -0.05) is 59.7 Å². The molecule has 2 aromatic carbocycles. The van der Waals surface area contributed by atoms with Crippen LogP contribution in [0, 0.1) is 13.8 Å². The Labute approximate surface area is 172 Å². The monoisotopic (exact) mass is 392 g/mol. The Hall–Kier alpha value is -2.92. The third-order valence-electron chi connectivity index (χ3n) is 5.26. The predicted octanol–water partition coefficient (Wildman–Crippen LogP) is 3.68. The number of likely N-dealkylation sites (tertiary alicyclic amines) is 1. The lowest BCUT2D eigenvalue weighted by atomic mass is 9.94. The molecule has 1 N–H and O–H groups in total. The molecule has 152 valence electrons. The van der Waals surface area contributed by atoms with E-state index in [1.165, 1.54) is 0 Å². The largest absolute Gasteiger partial charge is 0.507 e. The predicted molar refractivity (Wildman–Crippen MR) is 115 cm³/mol. The molecular formula is C24H28N2O3. The molecule has 2 aromatic rings. The summed E-state index contributed by atoms with van der Waals surface area (Å²) < 4.78 is 0. The summed E-state index contributed by atoms with van der Waals surface area (Å²) in [6, 6.07) is 14.5. The number of rotatable bonds is 6. The molecule has 0 aromatic heterocycles. The molecule has 1 heterocycles. The van der Waals surface area contributed by atoms with Crippen LogP contribution in [0.4, 0.5) is 0 Å². The van der Waals surface area contributed by atoms with Crippen LogP contribution in [0.1, 0.15) is 34.7 Å². The van der Waals surface area contributed by atoms with Crippen molar-refractivity contribution in [2.24, 2.45) is 0 Å². The van der Waals surface area contributed by atoms with Crippen molar-refractivity contribution in [2.45, 2.75) is 26.3 Å². The van der Waals surface area contributed by atoms with E-state index in [0.29, 0.717) is 12.1 Å². The number of hydrogen-bond acceptors (Lipinski definition) is 4. The normalized spacial score (nSPS) is 18.7. The summed E-state index contributed by atoms with van der Waals surface area (Å²) in [5.74, 6) is -1.30. The lowest BCUT2D eigenvalue weighted by molar-refractivity contribution is -0.139. The first-order valence-corrected chi connectivity index (χ1v) is 9.86. The first-order valence-electron chi connectivity index (χ1n) is 9.86. The van der Waals surface area contributed by atoms with Gasteiger partial charge < -0.3 is 14.9 Å². The highest BCUT2D eigenvalue weighted by Crippen LogP contribution is 2.39. The second-order valence-corrected chi connectivity index (χ2v) is 7.93. The quantitative estimate of drug-likeness (QED) is 0.463. The molecule has 0 spiro atoms. The van der Waals surface area contributed by atoms with Gasteiger partial charge in [-0.2, -0.15) is 0 Å². The van der Waals surface area contributed by atoms with E-state index in [0.717, 1.165) is 29.7 Å². The molecule has 0 aliphatic carbocycles. The molecule has 1 fully saturated rings. The zero-order chi connectivity index (χ0) is 21.1. The maximum atomic E-state index is 12.9. The summed E-state index contributed by atoms with van der Waals surface area (Å²) in [4.78, 5) is 29.4. The molecule has 5 nitrogen and oxygen atoms in total. The van der Waals surface area contributed by atoms with Gasteiger partial charge in [-0.05, 0) is 46.5 Å². The van der Waals surface area contributed by atoms with Crippen molar-refractivity contribution in [1.29, 1.82) is 0 Å². The Balaban J connectivity index is 2.07. The summed E-state index contributed by atoms with van der Waals surface area (Å²) in [6.07, 6.45) is 0.743. The van der Waals surface area contributed by atoms with Crippen LogP contribution in [0.25, 0.3) is 5.76 Å². The van der Waals surface area contributed by atoms with Gasteiger partial charge in [0.2, 0.25) is 0 Å². The second kappa shape index (κ2) is 8.62. The lowest BCUT2D eigenvalue weighted by Gasteiger charge is -2.26. The summed E-state index contributed by atoms with van der Waals surface area (Å²) in [7, 11) is 3.95. The van der Waals surface area contributed by atoms with Crippen molar-refractivity contribution < 1.29 is 14.7 Å². The molecule has 29 heavy (non-hydrogen) atoms. The number of carbonyl (C=O) groups excluding carboxylic acids is 2. The van der Waals surface area contributed by atoms with Gasteiger partial charge in [-0.25, -0.2) is 0 Å². The highest BCUT2D eigenvalue weighted by atomic mass is 16.3. The molecule has 1 saturated heterocycles.